The molecule has 0 saturated heterocycles. The van der Waals surface area contributed by atoms with Gasteiger partial charge in [-0.2, -0.15) is 0 Å². The van der Waals surface area contributed by atoms with Crippen LogP contribution in [-0.2, 0) is 21.2 Å². The Hall–Kier alpha value is -4.05. The number of methoxy groups -OCH3 is 1. The van der Waals surface area contributed by atoms with E-state index in [1.165, 1.54) is 61.7 Å². The van der Waals surface area contributed by atoms with Crippen LogP contribution in [-0.4, -0.2) is 37.6 Å². The van der Waals surface area contributed by atoms with Crippen LogP contribution in [0.4, 0.5) is 11.4 Å². The van der Waals surface area contributed by atoms with Crippen molar-refractivity contribution in [3.63, 3.8) is 0 Å². The van der Waals surface area contributed by atoms with E-state index in [1.54, 1.807) is 13.0 Å². The smallest absolute Gasteiger partial charge is 0.307 e. The Morgan fingerprint density at radius 2 is 1.70 bits per heavy atom. The number of sulfonamides is 1. The Morgan fingerprint density at radius 3 is 2.33 bits per heavy atom. The maximum Gasteiger partial charge on any atom is 0.307 e. The van der Waals surface area contributed by atoms with Gasteiger partial charge in [-0.05, 0) is 61.0 Å². The van der Waals surface area contributed by atoms with Crippen molar-refractivity contribution in [1.82, 2.24) is 0 Å². The lowest BCUT2D eigenvalue weighted by Crippen LogP contribution is -2.19. The number of ether oxygens (including phenoxy) is 1. The van der Waals surface area contributed by atoms with Crippen LogP contribution < -0.4 is 14.8 Å². The number of phenols is 1. The molecule has 0 aliphatic carbocycles. The molecule has 33 heavy (non-hydrogen) atoms. The van der Waals surface area contributed by atoms with E-state index in [9.17, 15) is 23.1 Å². The number of phenolic OH excluding ortho intramolecular Hbond substituents is 1. The molecule has 0 atom stereocenters. The van der Waals surface area contributed by atoms with Gasteiger partial charge in [-0.3, -0.25) is 14.3 Å². The Bertz CT molecular complexity index is 1300. The lowest BCUT2D eigenvalue weighted by atomic mass is 10.1. The minimum absolute atomic E-state index is 0.0267. The van der Waals surface area contributed by atoms with E-state index >= 15 is 0 Å². The second kappa shape index (κ2) is 9.61. The molecule has 4 N–H and O–H groups in total. The highest BCUT2D eigenvalue weighted by molar-refractivity contribution is 7.92. The number of anilines is 2. The van der Waals surface area contributed by atoms with Crippen molar-refractivity contribution < 1.29 is 33.0 Å². The Balaban J connectivity index is 1.97. The number of aromatic hydroxyl groups is 1. The lowest BCUT2D eigenvalue weighted by molar-refractivity contribution is -0.136. The quantitative estimate of drug-likeness (QED) is 0.370. The van der Waals surface area contributed by atoms with Gasteiger partial charge < -0.3 is 20.3 Å². The highest BCUT2D eigenvalue weighted by Gasteiger charge is 2.23. The molecule has 10 heteroatoms. The van der Waals surface area contributed by atoms with E-state index in [1.807, 2.05) is 0 Å². The summed E-state index contributed by atoms with van der Waals surface area (Å²) >= 11 is 0. The fourth-order valence-corrected chi connectivity index (χ4v) is 4.39. The molecule has 0 aliphatic rings. The summed E-state index contributed by atoms with van der Waals surface area (Å²) in [4.78, 5) is 23.7. The third-order valence-electron chi connectivity index (χ3n) is 4.66. The van der Waals surface area contributed by atoms with E-state index in [0.717, 1.165) is 5.56 Å². The number of rotatable bonds is 8. The summed E-state index contributed by atoms with van der Waals surface area (Å²) in [5.41, 5.74) is 1.53. The van der Waals surface area contributed by atoms with Crippen molar-refractivity contribution in [1.29, 1.82) is 0 Å². The predicted octanol–water partition coefficient (Wildman–Crippen LogP) is 3.39. The number of hydrogen-bond donors (Lipinski definition) is 4. The van der Waals surface area contributed by atoms with Gasteiger partial charge in [0.25, 0.3) is 15.9 Å². The van der Waals surface area contributed by atoms with E-state index in [4.69, 9.17) is 9.84 Å². The fourth-order valence-electron chi connectivity index (χ4n) is 3.09. The molecule has 3 aromatic carbocycles. The minimum Gasteiger partial charge on any atom is -0.508 e. The van der Waals surface area contributed by atoms with Crippen molar-refractivity contribution in [2.45, 2.75) is 18.2 Å². The zero-order valence-electron chi connectivity index (χ0n) is 17.8. The average molecular weight is 471 g/mol. The first-order chi connectivity index (χ1) is 15.6. The molecule has 172 valence electrons. The van der Waals surface area contributed by atoms with Gasteiger partial charge in [-0.25, -0.2) is 8.42 Å². The van der Waals surface area contributed by atoms with Crippen molar-refractivity contribution in [2.75, 3.05) is 17.1 Å². The molecule has 0 bridgehead atoms. The molecule has 0 spiro atoms. The van der Waals surface area contributed by atoms with E-state index < -0.39 is 21.9 Å². The number of aliphatic carboxylic acids is 1. The average Bonchev–Trinajstić information content (AvgIpc) is 2.76. The minimum atomic E-state index is -4.24. The van der Waals surface area contributed by atoms with Crippen LogP contribution in [0.25, 0.3) is 0 Å². The van der Waals surface area contributed by atoms with Crippen LogP contribution in [0.2, 0.25) is 0 Å². The van der Waals surface area contributed by atoms with Gasteiger partial charge in [0.1, 0.15) is 16.4 Å². The molecule has 0 saturated carbocycles. The molecular formula is C23H22N2O7S. The number of nitrogens with one attached hydrogen (secondary N) is 2. The number of carboxylic acid groups (broad SMARTS) is 1. The molecule has 0 aliphatic heterocycles. The van der Waals surface area contributed by atoms with Crippen molar-refractivity contribution >= 4 is 33.3 Å². The molecule has 3 aromatic rings. The van der Waals surface area contributed by atoms with Crippen molar-refractivity contribution in [2.24, 2.45) is 0 Å². The number of amides is 1. The monoisotopic (exact) mass is 470 g/mol. The van der Waals surface area contributed by atoms with Crippen LogP contribution in [0.5, 0.6) is 11.5 Å². The molecule has 0 fully saturated rings. The van der Waals surface area contributed by atoms with Gasteiger partial charge in [-0.1, -0.05) is 17.7 Å². The Labute approximate surface area is 190 Å². The van der Waals surface area contributed by atoms with Crippen LogP contribution >= 0.6 is 0 Å². The first-order valence-corrected chi connectivity index (χ1v) is 11.2. The second-order valence-electron chi connectivity index (χ2n) is 7.21. The van der Waals surface area contributed by atoms with E-state index in [2.05, 4.69) is 10.0 Å². The number of carbonyl (C=O) groups excluding carboxylic acids is 1. The zero-order valence-corrected chi connectivity index (χ0v) is 18.6. The summed E-state index contributed by atoms with van der Waals surface area (Å²) in [6.07, 6.45) is -0.364. The van der Waals surface area contributed by atoms with Gasteiger partial charge in [-0.15, -0.1) is 0 Å². The first-order valence-electron chi connectivity index (χ1n) is 9.71. The molecular weight excluding hydrogens is 448 g/mol. The van der Waals surface area contributed by atoms with Crippen molar-refractivity contribution in [3.8, 4) is 11.5 Å². The third kappa shape index (κ3) is 5.80. The predicted molar refractivity (Wildman–Crippen MR) is 122 cm³/mol. The summed E-state index contributed by atoms with van der Waals surface area (Å²) in [6, 6.07) is 14.5. The molecule has 9 nitrogen and oxygen atoms in total. The highest BCUT2D eigenvalue weighted by Crippen LogP contribution is 2.29. The molecule has 0 aromatic heterocycles. The van der Waals surface area contributed by atoms with Crippen molar-refractivity contribution in [3.05, 3.63) is 77.4 Å². The topological polar surface area (TPSA) is 142 Å². The van der Waals surface area contributed by atoms with E-state index in [0.29, 0.717) is 5.69 Å². The Morgan fingerprint density at radius 1 is 1.00 bits per heavy atom. The van der Waals surface area contributed by atoms with Crippen LogP contribution in [0.15, 0.2) is 65.6 Å². The zero-order chi connectivity index (χ0) is 24.2. The molecule has 0 radical (unpaired) electrons. The largest absolute Gasteiger partial charge is 0.508 e. The maximum absolute atomic E-state index is 13.2. The van der Waals surface area contributed by atoms with Gasteiger partial charge >= 0.3 is 5.97 Å². The SMILES string of the molecule is COc1ccc(CC(=O)O)cc1S(=O)(=O)Nc1ccc(C)cc1C(=O)Nc1ccc(O)cc1. The Kier molecular flexibility index (Phi) is 6.88. The summed E-state index contributed by atoms with van der Waals surface area (Å²) in [5, 5.41) is 21.1. The normalized spacial score (nSPS) is 11.0. The van der Waals surface area contributed by atoms with Gasteiger partial charge in [0.05, 0.1) is 24.8 Å². The fraction of sp³-hybridized carbons (Fsp3) is 0.130. The highest BCUT2D eigenvalue weighted by atomic mass is 32.2. The summed E-state index contributed by atoms with van der Waals surface area (Å²) in [7, 11) is -2.94. The summed E-state index contributed by atoms with van der Waals surface area (Å²) in [5.74, 6) is -1.60. The maximum atomic E-state index is 13.2. The van der Waals surface area contributed by atoms with Gasteiger partial charge in [0, 0.05) is 5.69 Å². The van der Waals surface area contributed by atoms with Gasteiger partial charge in [0.15, 0.2) is 0 Å². The van der Waals surface area contributed by atoms with E-state index in [-0.39, 0.29) is 39.6 Å². The third-order valence-corrected chi connectivity index (χ3v) is 6.05. The van der Waals surface area contributed by atoms with Crippen LogP contribution in [0.3, 0.4) is 0 Å². The molecule has 1 amide bonds. The molecule has 0 unspecified atom stereocenters. The molecule has 3 rings (SSSR count). The summed E-state index contributed by atoms with van der Waals surface area (Å²) in [6.45, 7) is 1.76. The number of carboxylic acids is 1. The number of carbonyl (C=O) groups is 2. The number of hydrogen-bond acceptors (Lipinski definition) is 6. The number of aryl methyl sites for hydroxylation is 1. The summed E-state index contributed by atoms with van der Waals surface area (Å²) < 4.78 is 33.9. The molecule has 0 heterocycles. The standard InChI is InChI=1S/C23H22N2O7S/c1-14-3-9-19(18(11-14)23(29)24-16-5-7-17(26)8-6-16)25-33(30,31)21-12-15(13-22(27)28)4-10-20(21)32-2/h3-12,25-26H,13H2,1-2H3,(H,24,29)(H,27,28). The number of benzene rings is 3. The lowest BCUT2D eigenvalue weighted by Gasteiger charge is -2.16. The van der Waals surface area contributed by atoms with Crippen LogP contribution in [0, 0.1) is 6.92 Å². The van der Waals surface area contributed by atoms with Crippen LogP contribution in [0.1, 0.15) is 21.5 Å². The second-order valence-corrected chi connectivity index (χ2v) is 8.86. The first kappa shape index (κ1) is 23.6. The van der Waals surface area contributed by atoms with Gasteiger partial charge in [0.2, 0.25) is 0 Å².